The van der Waals surface area contributed by atoms with Gasteiger partial charge >= 0.3 is 0 Å². The van der Waals surface area contributed by atoms with E-state index in [0.29, 0.717) is 0 Å². The summed E-state index contributed by atoms with van der Waals surface area (Å²) >= 11 is 4.06. The van der Waals surface area contributed by atoms with E-state index in [1.165, 1.54) is 9.81 Å². The molecule has 1 heterocycles. The second-order valence-electron chi connectivity index (χ2n) is 1.15. The lowest BCUT2D eigenvalue weighted by Gasteiger charge is -1.62. The summed E-state index contributed by atoms with van der Waals surface area (Å²) in [6.07, 6.45) is 0.750. The van der Waals surface area contributed by atoms with Crippen molar-refractivity contribution in [3.63, 3.8) is 0 Å². The van der Waals surface area contributed by atoms with Crippen molar-refractivity contribution in [2.45, 2.75) is 6.92 Å². The number of thiophene rings is 1. The molecule has 0 fully saturated rings. The second kappa shape index (κ2) is 6.22. The van der Waals surface area contributed by atoms with Crippen molar-refractivity contribution < 1.29 is 4.79 Å². The van der Waals surface area contributed by atoms with Crippen LogP contribution in [0.1, 0.15) is 6.92 Å². The monoisotopic (exact) mass is 254 g/mol. The molecular formula is C6H7IOS. The molecule has 9 heavy (non-hydrogen) atoms. The molecule has 1 rings (SSSR count). The summed E-state index contributed by atoms with van der Waals surface area (Å²) in [5, 5.41) is 2.07. The molecule has 0 atom stereocenters. The first kappa shape index (κ1) is 9.10. The van der Waals surface area contributed by atoms with Gasteiger partial charge < -0.3 is 4.79 Å². The molecule has 0 spiro atoms. The Morgan fingerprint density at radius 1 is 1.78 bits per heavy atom. The molecule has 0 bridgehead atoms. The number of carbonyl (C=O) groups excluding carboxylic acids is 1. The van der Waals surface area contributed by atoms with Gasteiger partial charge in [0.25, 0.3) is 0 Å². The highest BCUT2D eigenvalue weighted by atomic mass is 127. The highest BCUT2D eigenvalue weighted by Gasteiger charge is 1.77. The Labute approximate surface area is 72.2 Å². The topological polar surface area (TPSA) is 17.1 Å². The van der Waals surface area contributed by atoms with Crippen molar-refractivity contribution in [3.05, 3.63) is 20.4 Å². The number of carbonyl (C=O) groups is 1. The smallest absolute Gasteiger partial charge is 0.116 e. The minimum absolute atomic E-state index is 0.750. The van der Waals surface area contributed by atoms with Crippen LogP contribution in [0.3, 0.4) is 0 Å². The highest BCUT2D eigenvalue weighted by Crippen LogP contribution is 2.09. The maximum absolute atomic E-state index is 8.81. The first-order valence-corrected chi connectivity index (χ1v) is 4.36. The predicted octanol–water partition coefficient (Wildman–Crippen LogP) is 2.56. The Morgan fingerprint density at radius 3 is 2.44 bits per heavy atom. The van der Waals surface area contributed by atoms with Crippen molar-refractivity contribution in [1.29, 1.82) is 0 Å². The molecule has 0 saturated heterocycles. The summed E-state index contributed by atoms with van der Waals surface area (Å²) < 4.78 is 1.35. The fourth-order valence-electron chi connectivity index (χ4n) is 0.259. The van der Waals surface area contributed by atoms with Crippen molar-refractivity contribution in [3.8, 4) is 0 Å². The molecule has 50 valence electrons. The molecule has 1 nitrogen and oxygen atoms in total. The van der Waals surface area contributed by atoms with Crippen LogP contribution in [0.5, 0.6) is 0 Å². The van der Waals surface area contributed by atoms with Gasteiger partial charge in [-0.25, -0.2) is 0 Å². The summed E-state index contributed by atoms with van der Waals surface area (Å²) in [6, 6.07) is 4.14. The Morgan fingerprint density at radius 2 is 2.33 bits per heavy atom. The van der Waals surface area contributed by atoms with E-state index in [1.807, 2.05) is 6.07 Å². The van der Waals surface area contributed by atoms with E-state index in [1.54, 1.807) is 11.3 Å². The van der Waals surface area contributed by atoms with Gasteiger partial charge in [0.15, 0.2) is 0 Å². The fourth-order valence-corrected chi connectivity index (χ4v) is 1.35. The first-order valence-electron chi connectivity index (χ1n) is 2.40. The normalized spacial score (nSPS) is 7.33. The standard InChI is InChI=1S/C4H3IS.C2H4O/c5-4-2-1-3-6-4;1-2-3/h1-3H;2H,1H3. The van der Waals surface area contributed by atoms with E-state index in [-0.39, 0.29) is 0 Å². The van der Waals surface area contributed by atoms with Crippen LogP contribution in [0.15, 0.2) is 17.5 Å². The molecule has 0 aromatic carbocycles. The highest BCUT2D eigenvalue weighted by molar-refractivity contribution is 14.1. The maximum Gasteiger partial charge on any atom is 0.116 e. The summed E-state index contributed by atoms with van der Waals surface area (Å²) in [4.78, 5) is 8.81. The largest absolute Gasteiger partial charge is 0.304 e. The molecule has 1 aromatic heterocycles. The van der Waals surface area contributed by atoms with E-state index >= 15 is 0 Å². The Kier molecular flexibility index (Phi) is 6.29. The fraction of sp³-hybridized carbons (Fsp3) is 0.167. The Bertz CT molecular complexity index is 148. The second-order valence-corrected chi connectivity index (χ2v) is 3.99. The third kappa shape index (κ3) is 5.98. The minimum Gasteiger partial charge on any atom is -0.304 e. The lowest BCUT2D eigenvalue weighted by atomic mass is 10.7. The van der Waals surface area contributed by atoms with Crippen LogP contribution in [0, 0.1) is 2.88 Å². The van der Waals surface area contributed by atoms with Crippen LogP contribution in [0.25, 0.3) is 0 Å². The zero-order valence-electron chi connectivity index (χ0n) is 5.00. The molecule has 1 aromatic rings. The SMILES string of the molecule is CC=O.Ic1cccs1. The Hall–Kier alpha value is 0.1000. The van der Waals surface area contributed by atoms with Crippen LogP contribution in [0.4, 0.5) is 0 Å². The molecule has 0 amide bonds. The molecule has 0 N–H and O–H groups in total. The molecule has 0 aliphatic heterocycles. The summed E-state index contributed by atoms with van der Waals surface area (Å²) in [5.41, 5.74) is 0. The van der Waals surface area contributed by atoms with Gasteiger partial charge in [0.2, 0.25) is 0 Å². The van der Waals surface area contributed by atoms with E-state index in [2.05, 4.69) is 34.0 Å². The van der Waals surface area contributed by atoms with E-state index in [4.69, 9.17) is 4.79 Å². The lowest BCUT2D eigenvalue weighted by molar-refractivity contribution is -0.106. The number of aldehydes is 1. The van der Waals surface area contributed by atoms with Crippen LogP contribution in [-0.4, -0.2) is 6.29 Å². The predicted molar refractivity (Wildman–Crippen MR) is 48.8 cm³/mol. The molecule has 0 radical (unpaired) electrons. The van der Waals surface area contributed by atoms with E-state index in [0.717, 1.165) is 6.29 Å². The van der Waals surface area contributed by atoms with Crippen LogP contribution in [0.2, 0.25) is 0 Å². The molecule has 0 aliphatic rings. The van der Waals surface area contributed by atoms with Crippen molar-refractivity contribution in [2.75, 3.05) is 0 Å². The molecule has 0 saturated carbocycles. The van der Waals surface area contributed by atoms with Gasteiger partial charge in [0.05, 0.1) is 2.88 Å². The van der Waals surface area contributed by atoms with Crippen molar-refractivity contribution >= 4 is 40.2 Å². The third-order valence-electron chi connectivity index (χ3n) is 0.486. The number of rotatable bonds is 0. The van der Waals surface area contributed by atoms with Crippen LogP contribution < -0.4 is 0 Å². The number of hydrogen-bond acceptors (Lipinski definition) is 2. The minimum atomic E-state index is 0.750. The number of halogens is 1. The van der Waals surface area contributed by atoms with Gasteiger partial charge in [-0.3, -0.25) is 0 Å². The van der Waals surface area contributed by atoms with Gasteiger partial charge in [0, 0.05) is 0 Å². The Balaban J connectivity index is 0.000000187. The summed E-state index contributed by atoms with van der Waals surface area (Å²) in [5.74, 6) is 0. The zero-order valence-corrected chi connectivity index (χ0v) is 7.98. The quantitative estimate of drug-likeness (QED) is 0.513. The van der Waals surface area contributed by atoms with Crippen molar-refractivity contribution in [2.24, 2.45) is 0 Å². The molecular weight excluding hydrogens is 247 g/mol. The molecule has 0 aliphatic carbocycles. The van der Waals surface area contributed by atoms with E-state index < -0.39 is 0 Å². The summed E-state index contributed by atoms with van der Waals surface area (Å²) in [7, 11) is 0. The zero-order chi connectivity index (χ0) is 7.11. The number of hydrogen-bond donors (Lipinski definition) is 0. The van der Waals surface area contributed by atoms with E-state index in [9.17, 15) is 0 Å². The van der Waals surface area contributed by atoms with Crippen molar-refractivity contribution in [1.82, 2.24) is 0 Å². The maximum atomic E-state index is 8.81. The van der Waals surface area contributed by atoms with Crippen LogP contribution >= 0.6 is 33.9 Å². The van der Waals surface area contributed by atoms with Gasteiger partial charge in [0.1, 0.15) is 6.29 Å². The van der Waals surface area contributed by atoms with Gasteiger partial charge in [-0.2, -0.15) is 0 Å². The third-order valence-corrected chi connectivity index (χ3v) is 2.26. The average Bonchev–Trinajstić information content (AvgIpc) is 2.20. The lowest BCUT2D eigenvalue weighted by Crippen LogP contribution is -1.38. The average molecular weight is 254 g/mol. The molecule has 0 unspecified atom stereocenters. The summed E-state index contributed by atoms with van der Waals surface area (Å²) in [6.45, 7) is 1.44. The van der Waals surface area contributed by atoms with Gasteiger partial charge in [-0.05, 0) is 41.0 Å². The van der Waals surface area contributed by atoms with Crippen LogP contribution in [-0.2, 0) is 4.79 Å². The molecule has 3 heteroatoms. The van der Waals surface area contributed by atoms with Gasteiger partial charge in [-0.1, -0.05) is 6.07 Å². The van der Waals surface area contributed by atoms with Gasteiger partial charge in [-0.15, -0.1) is 11.3 Å². The first-order chi connectivity index (χ1) is 4.31.